The van der Waals surface area contributed by atoms with E-state index in [1.807, 2.05) is 44.2 Å². The summed E-state index contributed by atoms with van der Waals surface area (Å²) >= 11 is 0. The highest BCUT2D eigenvalue weighted by molar-refractivity contribution is 6.38. The van der Waals surface area contributed by atoms with E-state index in [9.17, 15) is 24.0 Å². The Labute approximate surface area is 213 Å². The highest BCUT2D eigenvalue weighted by Crippen LogP contribution is 2.18. The first-order chi connectivity index (χ1) is 17.1. The number of benzene rings is 1. The molecule has 0 radical (unpaired) electrons. The van der Waals surface area contributed by atoms with Crippen molar-refractivity contribution in [1.29, 1.82) is 0 Å². The first kappa shape index (κ1) is 29.0. The Morgan fingerprint density at radius 3 is 2.19 bits per heavy atom. The minimum Gasteiger partial charge on any atom is -0.347 e. The van der Waals surface area contributed by atoms with E-state index in [1.165, 1.54) is 18.7 Å². The van der Waals surface area contributed by atoms with Crippen LogP contribution in [0.2, 0.25) is 0 Å². The summed E-state index contributed by atoms with van der Waals surface area (Å²) < 4.78 is 0. The Hall–Kier alpha value is -3.23. The van der Waals surface area contributed by atoms with Crippen molar-refractivity contribution in [1.82, 2.24) is 20.9 Å². The number of hydrogen-bond acceptors (Lipinski definition) is 5. The molecule has 0 heterocycles. The van der Waals surface area contributed by atoms with Gasteiger partial charge in [0.2, 0.25) is 23.5 Å². The molecule has 1 aromatic rings. The fraction of sp³-hybridized carbons (Fsp3) is 0.593. The predicted molar refractivity (Wildman–Crippen MR) is 137 cm³/mol. The Morgan fingerprint density at radius 1 is 0.972 bits per heavy atom. The summed E-state index contributed by atoms with van der Waals surface area (Å²) in [6.07, 6.45) is 5.21. The maximum absolute atomic E-state index is 13.4. The summed E-state index contributed by atoms with van der Waals surface area (Å²) in [5.41, 5.74) is 0.825. The number of nitrogens with zero attached hydrogens (tertiary/aromatic N) is 1. The third-order valence-corrected chi connectivity index (χ3v) is 6.29. The molecule has 1 aliphatic carbocycles. The first-order valence-corrected chi connectivity index (χ1v) is 12.8. The standard InChI is InChI=1S/C27H40N4O5/c1-18(2)15-23(31(24(33)16-28-20(4)32)17-21-11-7-5-8-12-21)26(35)29-19(3)25(34)27(36)30-22-13-9-6-10-14-22/h5,7-8,11-12,18-19,22-23H,6,9-10,13-17H2,1-4H3,(H,28,32)(H,29,35)(H,30,36). The van der Waals surface area contributed by atoms with Crippen LogP contribution in [0.15, 0.2) is 30.3 Å². The third-order valence-electron chi connectivity index (χ3n) is 6.29. The van der Waals surface area contributed by atoms with Crippen LogP contribution in [0.5, 0.6) is 0 Å². The van der Waals surface area contributed by atoms with Crippen LogP contribution in [0.3, 0.4) is 0 Å². The summed E-state index contributed by atoms with van der Waals surface area (Å²) in [6.45, 7) is 6.58. The molecule has 0 aliphatic heterocycles. The summed E-state index contributed by atoms with van der Waals surface area (Å²) in [6, 6.07) is 7.30. The molecular formula is C27H40N4O5. The van der Waals surface area contributed by atoms with Crippen LogP contribution in [0, 0.1) is 5.92 Å². The van der Waals surface area contributed by atoms with Crippen molar-refractivity contribution in [3.63, 3.8) is 0 Å². The first-order valence-electron chi connectivity index (χ1n) is 12.8. The average Bonchev–Trinajstić information content (AvgIpc) is 2.85. The number of carbonyl (C=O) groups excluding carboxylic acids is 5. The normalized spacial score (nSPS) is 15.5. The highest BCUT2D eigenvalue weighted by Gasteiger charge is 2.33. The Morgan fingerprint density at radius 2 is 1.61 bits per heavy atom. The Kier molecular flexibility index (Phi) is 11.6. The Balaban J connectivity index is 2.17. The van der Waals surface area contributed by atoms with E-state index in [0.717, 1.165) is 37.7 Å². The lowest BCUT2D eigenvalue weighted by Gasteiger charge is -2.33. The van der Waals surface area contributed by atoms with Crippen molar-refractivity contribution < 1.29 is 24.0 Å². The van der Waals surface area contributed by atoms with Gasteiger partial charge in [0.25, 0.3) is 5.91 Å². The lowest BCUT2D eigenvalue weighted by atomic mass is 9.95. The van der Waals surface area contributed by atoms with Gasteiger partial charge in [-0.15, -0.1) is 0 Å². The summed E-state index contributed by atoms with van der Waals surface area (Å²) in [5, 5.41) is 7.95. The second-order valence-corrected chi connectivity index (χ2v) is 9.97. The lowest BCUT2D eigenvalue weighted by Crippen LogP contribution is -2.56. The SMILES string of the molecule is CC(=O)NCC(=O)N(Cc1ccccc1)C(CC(C)C)C(=O)NC(C)C(=O)C(=O)NC1CCCCC1. The number of carbonyl (C=O) groups is 5. The van der Waals surface area contributed by atoms with E-state index >= 15 is 0 Å². The second-order valence-electron chi connectivity index (χ2n) is 9.97. The monoisotopic (exact) mass is 500 g/mol. The predicted octanol–water partition coefficient (Wildman–Crippen LogP) is 2.09. The summed E-state index contributed by atoms with van der Waals surface area (Å²) in [7, 11) is 0. The van der Waals surface area contributed by atoms with Gasteiger partial charge < -0.3 is 20.9 Å². The number of nitrogens with one attached hydrogen (secondary N) is 3. The molecule has 0 saturated heterocycles. The molecule has 198 valence electrons. The second kappa shape index (κ2) is 14.4. The van der Waals surface area contributed by atoms with Gasteiger partial charge in [0.15, 0.2) is 0 Å². The van der Waals surface area contributed by atoms with Crippen LogP contribution >= 0.6 is 0 Å². The molecule has 1 aromatic carbocycles. The Bertz CT molecular complexity index is 912. The van der Waals surface area contributed by atoms with Crippen molar-refractivity contribution in [3.8, 4) is 0 Å². The molecule has 3 N–H and O–H groups in total. The van der Waals surface area contributed by atoms with Gasteiger partial charge in [0, 0.05) is 19.5 Å². The number of Topliss-reactive ketones (excluding diaryl/α,β-unsaturated/α-hetero) is 1. The quantitative estimate of drug-likeness (QED) is 0.379. The fourth-order valence-electron chi connectivity index (χ4n) is 4.35. The van der Waals surface area contributed by atoms with E-state index in [2.05, 4.69) is 16.0 Å². The lowest BCUT2D eigenvalue weighted by molar-refractivity contribution is -0.144. The number of amides is 4. The zero-order chi connectivity index (χ0) is 26.7. The molecule has 0 bridgehead atoms. The van der Waals surface area contributed by atoms with Crippen molar-refractivity contribution in [2.45, 2.75) is 90.9 Å². The number of rotatable bonds is 12. The molecule has 0 aromatic heterocycles. The summed E-state index contributed by atoms with van der Waals surface area (Å²) in [4.78, 5) is 64.6. The molecule has 0 spiro atoms. The largest absolute Gasteiger partial charge is 0.347 e. The molecular weight excluding hydrogens is 460 g/mol. The van der Waals surface area contributed by atoms with Gasteiger partial charge in [-0.05, 0) is 37.7 Å². The molecule has 2 unspecified atom stereocenters. The molecule has 2 rings (SSSR count). The number of hydrogen-bond donors (Lipinski definition) is 3. The van der Waals surface area contributed by atoms with Crippen LogP contribution in [0.1, 0.15) is 71.8 Å². The molecule has 1 fully saturated rings. The topological polar surface area (TPSA) is 125 Å². The van der Waals surface area contributed by atoms with Crippen molar-refractivity contribution in [2.75, 3.05) is 6.54 Å². The van der Waals surface area contributed by atoms with Gasteiger partial charge in [-0.1, -0.05) is 63.4 Å². The molecule has 1 aliphatic rings. The molecule has 9 nitrogen and oxygen atoms in total. The van der Waals surface area contributed by atoms with E-state index in [-0.39, 0.29) is 31.0 Å². The van der Waals surface area contributed by atoms with Crippen molar-refractivity contribution in [3.05, 3.63) is 35.9 Å². The van der Waals surface area contributed by atoms with E-state index < -0.39 is 35.6 Å². The third kappa shape index (κ3) is 9.43. The highest BCUT2D eigenvalue weighted by atomic mass is 16.2. The van der Waals surface area contributed by atoms with Crippen LogP contribution in [0.4, 0.5) is 0 Å². The van der Waals surface area contributed by atoms with Crippen molar-refractivity contribution >= 4 is 29.4 Å². The van der Waals surface area contributed by atoms with E-state index in [4.69, 9.17) is 0 Å². The molecule has 9 heteroatoms. The van der Waals surface area contributed by atoms with Gasteiger partial charge in [-0.3, -0.25) is 24.0 Å². The molecule has 1 saturated carbocycles. The van der Waals surface area contributed by atoms with Gasteiger partial charge in [0.1, 0.15) is 6.04 Å². The van der Waals surface area contributed by atoms with Crippen LogP contribution in [-0.4, -0.2) is 59.0 Å². The fourth-order valence-corrected chi connectivity index (χ4v) is 4.35. The van der Waals surface area contributed by atoms with Crippen LogP contribution in [0.25, 0.3) is 0 Å². The average molecular weight is 501 g/mol. The van der Waals surface area contributed by atoms with Gasteiger partial charge in [0.05, 0.1) is 12.6 Å². The van der Waals surface area contributed by atoms with Gasteiger partial charge in [-0.25, -0.2) is 0 Å². The molecule has 36 heavy (non-hydrogen) atoms. The minimum absolute atomic E-state index is 0.0143. The van der Waals surface area contributed by atoms with Crippen LogP contribution in [-0.2, 0) is 30.5 Å². The van der Waals surface area contributed by atoms with Crippen LogP contribution < -0.4 is 16.0 Å². The smallest absolute Gasteiger partial charge is 0.289 e. The van der Waals surface area contributed by atoms with Gasteiger partial charge in [-0.2, -0.15) is 0 Å². The van der Waals surface area contributed by atoms with E-state index in [0.29, 0.717) is 6.42 Å². The minimum atomic E-state index is -1.04. The molecule has 2 atom stereocenters. The maximum atomic E-state index is 13.4. The van der Waals surface area contributed by atoms with E-state index in [1.54, 1.807) is 0 Å². The zero-order valence-corrected chi connectivity index (χ0v) is 21.8. The number of ketones is 1. The maximum Gasteiger partial charge on any atom is 0.289 e. The zero-order valence-electron chi connectivity index (χ0n) is 21.8. The molecule has 4 amide bonds. The van der Waals surface area contributed by atoms with Crippen molar-refractivity contribution in [2.24, 2.45) is 5.92 Å². The van der Waals surface area contributed by atoms with Gasteiger partial charge >= 0.3 is 0 Å². The summed E-state index contributed by atoms with van der Waals surface area (Å²) in [5.74, 6) is -2.62.